The SMILES string of the molecule is O=[N+]([O-])c1cccnc1N1CCc2ccccc2CC1. The van der Waals surface area contributed by atoms with Crippen molar-refractivity contribution in [3.05, 3.63) is 63.8 Å². The molecule has 1 aliphatic rings. The predicted octanol–water partition coefficient (Wildman–Crippen LogP) is 2.60. The van der Waals surface area contributed by atoms with Crippen LogP contribution in [0.5, 0.6) is 0 Å². The smallest absolute Gasteiger partial charge is 0.311 e. The summed E-state index contributed by atoms with van der Waals surface area (Å²) in [6.07, 6.45) is 3.40. The molecule has 0 radical (unpaired) electrons. The van der Waals surface area contributed by atoms with E-state index in [1.807, 2.05) is 17.0 Å². The van der Waals surface area contributed by atoms with Gasteiger partial charge in [0.2, 0.25) is 5.82 Å². The van der Waals surface area contributed by atoms with Crippen LogP contribution in [0.2, 0.25) is 0 Å². The van der Waals surface area contributed by atoms with Crippen LogP contribution in [0.4, 0.5) is 11.5 Å². The van der Waals surface area contributed by atoms with E-state index in [2.05, 4.69) is 17.1 Å². The number of aromatic nitrogens is 1. The van der Waals surface area contributed by atoms with Gasteiger partial charge in [-0.2, -0.15) is 0 Å². The van der Waals surface area contributed by atoms with E-state index in [0.717, 1.165) is 25.9 Å². The molecular weight excluding hydrogens is 254 g/mol. The van der Waals surface area contributed by atoms with Crippen LogP contribution in [0.25, 0.3) is 0 Å². The van der Waals surface area contributed by atoms with Crippen molar-refractivity contribution >= 4 is 11.5 Å². The van der Waals surface area contributed by atoms with Gasteiger partial charge in [-0.3, -0.25) is 10.1 Å². The second-order valence-corrected chi connectivity index (χ2v) is 4.86. The van der Waals surface area contributed by atoms with Crippen LogP contribution in [-0.2, 0) is 12.8 Å². The highest BCUT2D eigenvalue weighted by molar-refractivity contribution is 5.57. The lowest BCUT2D eigenvalue weighted by Gasteiger charge is -2.20. The molecule has 3 rings (SSSR count). The van der Waals surface area contributed by atoms with Gasteiger partial charge < -0.3 is 4.90 Å². The Labute approximate surface area is 117 Å². The fraction of sp³-hybridized carbons (Fsp3) is 0.267. The second-order valence-electron chi connectivity index (χ2n) is 4.86. The van der Waals surface area contributed by atoms with E-state index >= 15 is 0 Å². The molecule has 0 fully saturated rings. The van der Waals surface area contributed by atoms with Crippen LogP contribution < -0.4 is 4.90 Å². The fourth-order valence-corrected chi connectivity index (χ4v) is 2.65. The average molecular weight is 269 g/mol. The lowest BCUT2D eigenvalue weighted by molar-refractivity contribution is -0.384. The summed E-state index contributed by atoms with van der Waals surface area (Å²) in [5.41, 5.74) is 2.74. The Bertz CT molecular complexity index is 616. The number of pyridine rings is 1. The van der Waals surface area contributed by atoms with Gasteiger partial charge in [-0.15, -0.1) is 0 Å². The van der Waals surface area contributed by atoms with Crippen molar-refractivity contribution in [3.8, 4) is 0 Å². The van der Waals surface area contributed by atoms with Crippen LogP contribution in [0, 0.1) is 10.1 Å². The van der Waals surface area contributed by atoms with Crippen LogP contribution >= 0.6 is 0 Å². The van der Waals surface area contributed by atoms with E-state index in [9.17, 15) is 10.1 Å². The Hall–Kier alpha value is -2.43. The monoisotopic (exact) mass is 269 g/mol. The largest absolute Gasteiger partial charge is 0.350 e. The topological polar surface area (TPSA) is 59.3 Å². The van der Waals surface area contributed by atoms with Crippen LogP contribution in [0.1, 0.15) is 11.1 Å². The molecule has 0 saturated carbocycles. The highest BCUT2D eigenvalue weighted by Crippen LogP contribution is 2.27. The molecule has 5 nitrogen and oxygen atoms in total. The van der Waals surface area contributed by atoms with Crippen molar-refractivity contribution < 1.29 is 4.92 Å². The van der Waals surface area contributed by atoms with Gasteiger partial charge in [-0.1, -0.05) is 24.3 Å². The summed E-state index contributed by atoms with van der Waals surface area (Å²) in [5.74, 6) is 0.477. The first kappa shape index (κ1) is 12.6. The van der Waals surface area contributed by atoms with Gasteiger partial charge in [-0.05, 0) is 30.0 Å². The molecular formula is C15H15N3O2. The molecule has 2 aromatic rings. The molecule has 1 aromatic heterocycles. The van der Waals surface area contributed by atoms with E-state index in [1.165, 1.54) is 17.2 Å². The molecule has 0 atom stereocenters. The second kappa shape index (κ2) is 5.28. The summed E-state index contributed by atoms with van der Waals surface area (Å²) < 4.78 is 0. The first-order valence-corrected chi connectivity index (χ1v) is 6.67. The third kappa shape index (κ3) is 2.34. The zero-order valence-corrected chi connectivity index (χ0v) is 11.0. The summed E-state index contributed by atoms with van der Waals surface area (Å²) in [7, 11) is 0. The molecule has 0 saturated heterocycles. The van der Waals surface area contributed by atoms with Crippen molar-refractivity contribution in [1.29, 1.82) is 0 Å². The molecule has 102 valence electrons. The molecule has 2 heterocycles. The zero-order valence-electron chi connectivity index (χ0n) is 11.0. The molecule has 20 heavy (non-hydrogen) atoms. The van der Waals surface area contributed by atoms with E-state index in [1.54, 1.807) is 12.3 Å². The average Bonchev–Trinajstić information content (AvgIpc) is 2.70. The van der Waals surface area contributed by atoms with Crippen molar-refractivity contribution in [2.45, 2.75) is 12.8 Å². The number of benzene rings is 1. The molecule has 0 aliphatic carbocycles. The molecule has 0 bridgehead atoms. The Balaban J connectivity index is 1.89. The minimum atomic E-state index is -0.361. The molecule has 1 aromatic carbocycles. The van der Waals surface area contributed by atoms with Crippen molar-refractivity contribution in [1.82, 2.24) is 4.98 Å². The maximum atomic E-state index is 11.1. The van der Waals surface area contributed by atoms with Crippen LogP contribution in [0.3, 0.4) is 0 Å². The van der Waals surface area contributed by atoms with Crippen LogP contribution in [0.15, 0.2) is 42.6 Å². The number of nitro groups is 1. The Kier molecular flexibility index (Phi) is 3.33. The van der Waals surface area contributed by atoms with E-state index in [4.69, 9.17) is 0 Å². The van der Waals surface area contributed by atoms with Crippen molar-refractivity contribution in [3.63, 3.8) is 0 Å². The highest BCUT2D eigenvalue weighted by atomic mass is 16.6. The first-order chi connectivity index (χ1) is 9.75. The summed E-state index contributed by atoms with van der Waals surface area (Å²) >= 11 is 0. The number of anilines is 1. The maximum absolute atomic E-state index is 11.1. The third-order valence-electron chi connectivity index (χ3n) is 3.68. The summed E-state index contributed by atoms with van der Waals surface area (Å²) in [5, 5.41) is 11.1. The number of fused-ring (bicyclic) bond motifs is 1. The lowest BCUT2D eigenvalue weighted by atomic mass is 10.0. The Morgan fingerprint density at radius 1 is 1.05 bits per heavy atom. The van der Waals surface area contributed by atoms with Gasteiger partial charge >= 0.3 is 5.69 Å². The minimum absolute atomic E-state index is 0.0819. The quantitative estimate of drug-likeness (QED) is 0.621. The first-order valence-electron chi connectivity index (χ1n) is 6.67. The molecule has 0 unspecified atom stereocenters. The zero-order chi connectivity index (χ0) is 13.9. The van der Waals surface area contributed by atoms with Gasteiger partial charge in [0.15, 0.2) is 0 Å². The molecule has 0 N–H and O–H groups in total. The maximum Gasteiger partial charge on any atom is 0.311 e. The lowest BCUT2D eigenvalue weighted by Crippen LogP contribution is -2.27. The van der Waals surface area contributed by atoms with Crippen LogP contribution in [-0.4, -0.2) is 23.0 Å². The molecule has 1 aliphatic heterocycles. The van der Waals surface area contributed by atoms with Gasteiger partial charge in [-0.25, -0.2) is 4.98 Å². The number of rotatable bonds is 2. The Morgan fingerprint density at radius 2 is 1.70 bits per heavy atom. The van der Waals surface area contributed by atoms with Gasteiger partial charge in [0.1, 0.15) is 0 Å². The number of hydrogen-bond donors (Lipinski definition) is 0. The Morgan fingerprint density at radius 3 is 2.30 bits per heavy atom. The van der Waals surface area contributed by atoms with Gasteiger partial charge in [0.05, 0.1) is 4.92 Å². The predicted molar refractivity (Wildman–Crippen MR) is 77.0 cm³/mol. The molecule has 5 heteroatoms. The normalized spacial score (nSPS) is 14.5. The number of nitrogens with zero attached hydrogens (tertiary/aromatic N) is 3. The fourth-order valence-electron chi connectivity index (χ4n) is 2.65. The van der Waals surface area contributed by atoms with Gasteiger partial charge in [0, 0.05) is 25.4 Å². The summed E-state index contributed by atoms with van der Waals surface area (Å²) in [6, 6.07) is 11.5. The highest BCUT2D eigenvalue weighted by Gasteiger charge is 2.22. The van der Waals surface area contributed by atoms with Gasteiger partial charge in [0.25, 0.3) is 0 Å². The van der Waals surface area contributed by atoms with Crippen molar-refractivity contribution in [2.75, 3.05) is 18.0 Å². The van der Waals surface area contributed by atoms with E-state index in [-0.39, 0.29) is 10.6 Å². The van der Waals surface area contributed by atoms with E-state index < -0.39 is 0 Å². The van der Waals surface area contributed by atoms with E-state index in [0.29, 0.717) is 5.82 Å². The molecule has 0 amide bonds. The van der Waals surface area contributed by atoms with Crippen molar-refractivity contribution in [2.24, 2.45) is 0 Å². The third-order valence-corrected chi connectivity index (χ3v) is 3.68. The standard InChI is InChI=1S/C15H15N3O2/c19-18(20)14-6-3-9-16-15(14)17-10-7-12-4-1-2-5-13(12)8-11-17/h1-6,9H,7-8,10-11H2. The minimum Gasteiger partial charge on any atom is -0.350 e. The number of hydrogen-bond acceptors (Lipinski definition) is 4. The summed E-state index contributed by atoms with van der Waals surface area (Å²) in [6.45, 7) is 1.52. The summed E-state index contributed by atoms with van der Waals surface area (Å²) in [4.78, 5) is 17.0. The molecule has 0 spiro atoms.